The Morgan fingerprint density at radius 1 is 0.789 bits per heavy atom. The van der Waals surface area contributed by atoms with Gasteiger partial charge < -0.3 is 5.73 Å². The lowest BCUT2D eigenvalue weighted by molar-refractivity contribution is 0.265. The quantitative estimate of drug-likeness (QED) is 0.829. The van der Waals surface area contributed by atoms with Crippen LogP contribution in [0.15, 0.2) is 60.7 Å². The molecular formula is C13H14N2O3S. The lowest BCUT2D eigenvalue weighted by Gasteiger charge is -1.98. The molecule has 0 bridgehead atoms. The SMILES string of the molecule is NC(=O)S(N)(=O)=O.c1ccc(-c2ccccc2)cc1. The molecule has 100 valence electrons. The summed E-state index contributed by atoms with van der Waals surface area (Å²) in [6.07, 6.45) is 0. The highest BCUT2D eigenvalue weighted by molar-refractivity contribution is 8.04. The molecule has 0 spiro atoms. The van der Waals surface area contributed by atoms with Crippen LogP contribution in [0.4, 0.5) is 4.79 Å². The van der Waals surface area contributed by atoms with Crippen LogP contribution in [0, 0.1) is 0 Å². The van der Waals surface area contributed by atoms with E-state index >= 15 is 0 Å². The minimum atomic E-state index is -4.10. The zero-order valence-electron chi connectivity index (χ0n) is 10.1. The van der Waals surface area contributed by atoms with Gasteiger partial charge in [0.1, 0.15) is 0 Å². The third-order valence-corrected chi connectivity index (χ3v) is 2.72. The maximum absolute atomic E-state index is 9.63. The Hall–Kier alpha value is -2.18. The summed E-state index contributed by atoms with van der Waals surface area (Å²) in [4.78, 5) is 9.53. The fourth-order valence-electron chi connectivity index (χ4n) is 1.26. The van der Waals surface area contributed by atoms with Gasteiger partial charge >= 0.3 is 5.24 Å². The van der Waals surface area contributed by atoms with Crippen LogP contribution in [0.3, 0.4) is 0 Å². The number of carbonyl (C=O) groups is 1. The molecule has 0 radical (unpaired) electrons. The van der Waals surface area contributed by atoms with Gasteiger partial charge in [0.15, 0.2) is 0 Å². The average Bonchev–Trinajstić information content (AvgIpc) is 2.40. The van der Waals surface area contributed by atoms with E-state index in [0.717, 1.165) is 0 Å². The molecule has 0 aromatic heterocycles. The Labute approximate surface area is 111 Å². The van der Waals surface area contributed by atoms with E-state index in [1.54, 1.807) is 0 Å². The molecule has 0 atom stereocenters. The number of hydrogen-bond acceptors (Lipinski definition) is 3. The van der Waals surface area contributed by atoms with Gasteiger partial charge in [0.05, 0.1) is 0 Å². The molecule has 2 aromatic rings. The average molecular weight is 278 g/mol. The maximum Gasteiger partial charge on any atom is 0.348 e. The van der Waals surface area contributed by atoms with Crippen molar-refractivity contribution in [1.29, 1.82) is 0 Å². The van der Waals surface area contributed by atoms with Crippen LogP contribution in [-0.2, 0) is 10.0 Å². The van der Waals surface area contributed by atoms with Gasteiger partial charge in [-0.05, 0) is 11.1 Å². The molecule has 0 saturated heterocycles. The number of hydrogen-bond donors (Lipinski definition) is 2. The summed E-state index contributed by atoms with van der Waals surface area (Å²) in [5, 5.41) is 2.67. The zero-order chi connectivity index (χ0) is 14.3. The number of carbonyl (C=O) groups excluding carboxylic acids is 1. The molecule has 0 unspecified atom stereocenters. The lowest BCUT2D eigenvalue weighted by atomic mass is 10.1. The highest BCUT2D eigenvalue weighted by Gasteiger charge is 2.08. The Kier molecular flexibility index (Phi) is 5.23. The van der Waals surface area contributed by atoms with Crippen molar-refractivity contribution in [2.24, 2.45) is 10.9 Å². The summed E-state index contributed by atoms with van der Waals surface area (Å²) in [5.74, 6) is 0. The highest BCUT2D eigenvalue weighted by atomic mass is 32.2. The number of primary amides is 1. The largest absolute Gasteiger partial charge is 0.355 e. The molecule has 0 aliphatic heterocycles. The molecule has 6 heteroatoms. The number of nitrogens with two attached hydrogens (primary N) is 2. The van der Waals surface area contributed by atoms with Gasteiger partial charge in [-0.3, -0.25) is 4.79 Å². The van der Waals surface area contributed by atoms with Crippen molar-refractivity contribution in [3.05, 3.63) is 60.7 Å². The monoisotopic (exact) mass is 278 g/mol. The summed E-state index contributed by atoms with van der Waals surface area (Å²) >= 11 is 0. The first-order chi connectivity index (χ1) is 8.91. The fraction of sp³-hybridized carbons (Fsp3) is 0. The first-order valence-electron chi connectivity index (χ1n) is 5.34. The van der Waals surface area contributed by atoms with Crippen molar-refractivity contribution in [2.75, 3.05) is 0 Å². The molecule has 4 N–H and O–H groups in total. The first kappa shape index (κ1) is 14.9. The standard InChI is InChI=1S/C12H10.CH4N2O3S/c1-3-7-11(8-4-1)12-9-5-2-6-10-12;2-1(4)7(3,5)6/h1-10H;(H2,2,4)(H2,3,5,6). The lowest BCUT2D eigenvalue weighted by Crippen LogP contribution is -2.28. The van der Waals surface area contributed by atoms with E-state index in [9.17, 15) is 13.2 Å². The van der Waals surface area contributed by atoms with Crippen molar-refractivity contribution in [1.82, 2.24) is 0 Å². The van der Waals surface area contributed by atoms with Crippen LogP contribution < -0.4 is 10.9 Å². The number of primary sulfonamides is 1. The van der Waals surface area contributed by atoms with Crippen LogP contribution in [-0.4, -0.2) is 13.7 Å². The van der Waals surface area contributed by atoms with Crippen molar-refractivity contribution in [2.45, 2.75) is 0 Å². The Bertz CT molecular complexity index is 588. The third-order valence-electron chi connectivity index (χ3n) is 2.16. The summed E-state index contributed by atoms with van der Waals surface area (Å²) in [5.41, 5.74) is 6.77. The Morgan fingerprint density at radius 3 is 1.26 bits per heavy atom. The second kappa shape index (κ2) is 6.67. The molecule has 2 aromatic carbocycles. The minimum absolute atomic E-state index is 1.28. The molecule has 5 nitrogen and oxygen atoms in total. The number of amides is 1. The second-order valence-electron chi connectivity index (χ2n) is 3.60. The van der Waals surface area contributed by atoms with Crippen molar-refractivity contribution in [3.63, 3.8) is 0 Å². The van der Waals surface area contributed by atoms with Gasteiger partial charge in [0.25, 0.3) is 10.0 Å². The topological polar surface area (TPSA) is 103 Å². The molecule has 0 heterocycles. The van der Waals surface area contributed by atoms with Crippen molar-refractivity contribution >= 4 is 15.3 Å². The first-order valence-corrected chi connectivity index (χ1v) is 6.88. The van der Waals surface area contributed by atoms with Crippen LogP contribution in [0.2, 0.25) is 0 Å². The Balaban J connectivity index is 0.000000224. The van der Waals surface area contributed by atoms with Gasteiger partial charge in [0, 0.05) is 0 Å². The van der Waals surface area contributed by atoms with Crippen molar-refractivity contribution in [3.8, 4) is 11.1 Å². The molecule has 1 amide bonds. The molecule has 0 saturated carbocycles. The van der Waals surface area contributed by atoms with Gasteiger partial charge in [-0.2, -0.15) is 0 Å². The van der Waals surface area contributed by atoms with E-state index in [1.165, 1.54) is 11.1 Å². The molecule has 0 fully saturated rings. The number of rotatable bonds is 1. The van der Waals surface area contributed by atoms with E-state index in [0.29, 0.717) is 0 Å². The van der Waals surface area contributed by atoms with Crippen molar-refractivity contribution < 1.29 is 13.2 Å². The molecule has 0 aliphatic carbocycles. The predicted molar refractivity (Wildman–Crippen MR) is 74.6 cm³/mol. The summed E-state index contributed by atoms with van der Waals surface area (Å²) < 4.78 is 19.3. The van der Waals surface area contributed by atoms with Crippen LogP contribution in [0.25, 0.3) is 11.1 Å². The molecule has 0 aliphatic rings. The predicted octanol–water partition coefficient (Wildman–Crippen LogP) is 1.71. The summed E-state index contributed by atoms with van der Waals surface area (Å²) in [7, 11) is -4.10. The molecule has 19 heavy (non-hydrogen) atoms. The van der Waals surface area contributed by atoms with Gasteiger partial charge in [-0.25, -0.2) is 13.6 Å². The van der Waals surface area contributed by atoms with Gasteiger partial charge in [0.2, 0.25) is 0 Å². The second-order valence-corrected chi connectivity index (χ2v) is 5.09. The summed E-state index contributed by atoms with van der Waals surface area (Å²) in [6.45, 7) is 0. The molecule has 2 rings (SSSR count). The smallest absolute Gasteiger partial charge is 0.348 e. The number of sulfonamides is 1. The Morgan fingerprint density at radius 2 is 1.05 bits per heavy atom. The van der Waals surface area contributed by atoms with Crippen LogP contribution in [0.5, 0.6) is 0 Å². The minimum Gasteiger partial charge on any atom is -0.355 e. The van der Waals surface area contributed by atoms with E-state index in [-0.39, 0.29) is 0 Å². The molecular weight excluding hydrogens is 264 g/mol. The van der Waals surface area contributed by atoms with Crippen LogP contribution in [0.1, 0.15) is 0 Å². The van der Waals surface area contributed by atoms with E-state index in [1.807, 2.05) is 12.1 Å². The normalized spacial score (nSPS) is 10.2. The third kappa shape index (κ3) is 5.33. The van der Waals surface area contributed by atoms with E-state index < -0.39 is 15.3 Å². The maximum atomic E-state index is 9.63. The van der Waals surface area contributed by atoms with E-state index in [4.69, 9.17) is 0 Å². The van der Waals surface area contributed by atoms with Gasteiger partial charge in [-0.15, -0.1) is 0 Å². The van der Waals surface area contributed by atoms with Gasteiger partial charge in [-0.1, -0.05) is 60.7 Å². The summed E-state index contributed by atoms with van der Waals surface area (Å²) in [6, 6.07) is 20.8. The number of benzene rings is 2. The highest BCUT2D eigenvalue weighted by Crippen LogP contribution is 2.17. The zero-order valence-corrected chi connectivity index (χ0v) is 10.9. The van der Waals surface area contributed by atoms with E-state index in [2.05, 4.69) is 59.4 Å². The van der Waals surface area contributed by atoms with Crippen LogP contribution >= 0.6 is 0 Å². The fourth-order valence-corrected chi connectivity index (χ4v) is 1.26.